The van der Waals surface area contributed by atoms with Crippen LogP contribution in [-0.4, -0.2) is 17.1 Å². The number of benzene rings is 1. The molecule has 0 bridgehead atoms. The van der Waals surface area contributed by atoms with E-state index in [1.165, 1.54) is 12.1 Å². The summed E-state index contributed by atoms with van der Waals surface area (Å²) in [6.45, 7) is 4.31. The topological polar surface area (TPSA) is 86.3 Å². The summed E-state index contributed by atoms with van der Waals surface area (Å²) in [7, 11) is 0. The Morgan fingerprint density at radius 2 is 1.72 bits per heavy atom. The maximum atomic E-state index is 12.5. The molecule has 0 saturated carbocycles. The summed E-state index contributed by atoms with van der Waals surface area (Å²) in [6.07, 6.45) is 2.41. The summed E-state index contributed by atoms with van der Waals surface area (Å²) in [6, 6.07) is 3.89. The minimum atomic E-state index is -0.371. The minimum absolute atomic E-state index is 0.0638. The van der Waals surface area contributed by atoms with E-state index in [4.69, 9.17) is 4.42 Å². The molecule has 0 saturated heterocycles. The average Bonchev–Trinajstić information content (AvgIpc) is 2.62. The molecule has 1 aromatic carbocycles. The maximum Gasteiger partial charge on any atom is 0.193 e. The summed E-state index contributed by atoms with van der Waals surface area (Å²) < 4.78 is 7.36. The molecule has 25 heavy (non-hydrogen) atoms. The van der Waals surface area contributed by atoms with Crippen molar-refractivity contribution in [2.24, 2.45) is 0 Å². The van der Waals surface area contributed by atoms with E-state index in [-0.39, 0.29) is 27.7 Å². The number of hydrogen-bond donors (Lipinski definition) is 0. The first kappa shape index (κ1) is 16.8. The van der Waals surface area contributed by atoms with E-state index in [2.05, 4.69) is 0 Å². The number of aromatic nitrogens is 1. The lowest BCUT2D eigenvalue weighted by Gasteiger charge is -2.16. The van der Waals surface area contributed by atoms with Crippen LogP contribution >= 0.6 is 0 Å². The van der Waals surface area contributed by atoms with Gasteiger partial charge in [-0.15, -0.1) is 0 Å². The highest BCUT2D eigenvalue weighted by Crippen LogP contribution is 2.28. The SMILES string of the molecule is CCCc1c2oc(C=O)cc(=O)c2cc2c(=O)cc(C=O)n(CC)c12. The number of rotatable bonds is 5. The van der Waals surface area contributed by atoms with Gasteiger partial charge in [-0.25, -0.2) is 0 Å². The predicted octanol–water partition coefficient (Wildman–Crippen LogP) is 2.71. The van der Waals surface area contributed by atoms with Crippen LogP contribution in [0.15, 0.2) is 32.2 Å². The lowest BCUT2D eigenvalue weighted by Crippen LogP contribution is -2.16. The van der Waals surface area contributed by atoms with Gasteiger partial charge in [-0.1, -0.05) is 13.3 Å². The molecule has 2 aromatic heterocycles. The number of aryl methyl sites for hydroxylation is 2. The number of aldehydes is 2. The Morgan fingerprint density at radius 3 is 2.32 bits per heavy atom. The van der Waals surface area contributed by atoms with E-state index in [0.29, 0.717) is 47.6 Å². The summed E-state index contributed by atoms with van der Waals surface area (Å²) in [5.74, 6) is -0.0638. The Hall–Kier alpha value is -3.02. The molecular formula is C19H17NO5. The van der Waals surface area contributed by atoms with E-state index in [9.17, 15) is 19.2 Å². The molecule has 0 spiro atoms. The molecule has 0 aliphatic heterocycles. The Labute approximate surface area is 142 Å². The molecular weight excluding hydrogens is 322 g/mol. The van der Waals surface area contributed by atoms with Crippen molar-refractivity contribution >= 4 is 34.4 Å². The lowest BCUT2D eigenvalue weighted by atomic mass is 10.00. The van der Waals surface area contributed by atoms with E-state index >= 15 is 0 Å². The van der Waals surface area contributed by atoms with Gasteiger partial charge >= 0.3 is 0 Å². The Kier molecular flexibility index (Phi) is 4.35. The van der Waals surface area contributed by atoms with Crippen molar-refractivity contribution in [3.63, 3.8) is 0 Å². The number of hydrogen-bond acceptors (Lipinski definition) is 5. The van der Waals surface area contributed by atoms with E-state index in [0.717, 1.165) is 12.5 Å². The van der Waals surface area contributed by atoms with Crippen LogP contribution in [0.1, 0.15) is 46.9 Å². The number of fused-ring (bicyclic) bond motifs is 2. The molecule has 0 radical (unpaired) electrons. The first-order valence-electron chi connectivity index (χ1n) is 8.13. The molecule has 0 N–H and O–H groups in total. The van der Waals surface area contributed by atoms with E-state index in [1.807, 2.05) is 13.8 Å². The van der Waals surface area contributed by atoms with E-state index in [1.54, 1.807) is 4.57 Å². The third-order valence-corrected chi connectivity index (χ3v) is 4.29. The van der Waals surface area contributed by atoms with Crippen LogP contribution in [-0.2, 0) is 13.0 Å². The first-order chi connectivity index (χ1) is 12.0. The molecule has 3 rings (SSSR count). The van der Waals surface area contributed by atoms with Gasteiger partial charge in [0.1, 0.15) is 5.58 Å². The molecule has 0 unspecified atom stereocenters. The van der Waals surface area contributed by atoms with Gasteiger partial charge in [-0.05, 0) is 19.4 Å². The summed E-state index contributed by atoms with van der Waals surface area (Å²) >= 11 is 0. The highest BCUT2D eigenvalue weighted by atomic mass is 16.3. The van der Waals surface area contributed by atoms with Crippen LogP contribution in [0.2, 0.25) is 0 Å². The fraction of sp³-hybridized carbons (Fsp3) is 0.263. The molecule has 0 aliphatic rings. The smallest absolute Gasteiger partial charge is 0.193 e. The van der Waals surface area contributed by atoms with Crippen molar-refractivity contribution in [1.29, 1.82) is 0 Å². The second-order valence-corrected chi connectivity index (χ2v) is 5.80. The molecule has 6 heteroatoms. The third kappa shape index (κ3) is 2.59. The van der Waals surface area contributed by atoms with Crippen molar-refractivity contribution in [1.82, 2.24) is 4.57 Å². The fourth-order valence-corrected chi connectivity index (χ4v) is 3.26. The molecule has 0 aliphatic carbocycles. The van der Waals surface area contributed by atoms with Gasteiger partial charge in [0.25, 0.3) is 0 Å². The lowest BCUT2D eigenvalue weighted by molar-refractivity contribution is 0.109. The Bertz CT molecular complexity index is 1120. The Balaban J connectivity index is 2.68. The molecule has 128 valence electrons. The largest absolute Gasteiger partial charge is 0.453 e. The number of nitrogens with zero attached hydrogens (tertiary/aromatic N) is 1. The zero-order chi connectivity index (χ0) is 18.1. The molecule has 0 amide bonds. The van der Waals surface area contributed by atoms with Gasteiger partial charge in [0.15, 0.2) is 29.2 Å². The van der Waals surface area contributed by atoms with Crippen LogP contribution < -0.4 is 10.9 Å². The number of carbonyl (C=O) groups is 2. The fourth-order valence-electron chi connectivity index (χ4n) is 3.26. The van der Waals surface area contributed by atoms with Crippen LogP contribution in [0.25, 0.3) is 21.9 Å². The molecule has 0 fully saturated rings. The Morgan fingerprint density at radius 1 is 1.00 bits per heavy atom. The van der Waals surface area contributed by atoms with Gasteiger partial charge in [0.05, 0.1) is 16.6 Å². The van der Waals surface area contributed by atoms with Crippen molar-refractivity contribution in [3.8, 4) is 0 Å². The molecule has 3 aromatic rings. The van der Waals surface area contributed by atoms with Crippen molar-refractivity contribution in [3.05, 3.63) is 55.7 Å². The van der Waals surface area contributed by atoms with Crippen LogP contribution in [0.4, 0.5) is 0 Å². The van der Waals surface area contributed by atoms with Gasteiger partial charge in [0, 0.05) is 29.6 Å². The van der Waals surface area contributed by atoms with Gasteiger partial charge in [-0.3, -0.25) is 19.2 Å². The molecule has 6 nitrogen and oxygen atoms in total. The van der Waals surface area contributed by atoms with Crippen molar-refractivity contribution in [2.45, 2.75) is 33.2 Å². The van der Waals surface area contributed by atoms with Gasteiger partial charge < -0.3 is 8.98 Å². The average molecular weight is 339 g/mol. The normalized spacial score (nSPS) is 11.1. The zero-order valence-corrected chi connectivity index (χ0v) is 14.0. The van der Waals surface area contributed by atoms with Crippen molar-refractivity contribution < 1.29 is 14.0 Å². The summed E-state index contributed by atoms with van der Waals surface area (Å²) in [5.41, 5.74) is 1.12. The third-order valence-electron chi connectivity index (χ3n) is 4.29. The standard InChI is InChI=1S/C19H17NO5/c1-3-5-13-18-14(16(23)6-11(9-21)20(18)4-2)8-15-17(24)7-12(10-22)25-19(13)15/h6-10H,3-5H2,1-2H3. The summed E-state index contributed by atoms with van der Waals surface area (Å²) in [5, 5.41) is 0.634. The van der Waals surface area contributed by atoms with Crippen LogP contribution in [0.5, 0.6) is 0 Å². The maximum absolute atomic E-state index is 12.5. The number of pyridine rings is 1. The monoisotopic (exact) mass is 339 g/mol. The first-order valence-corrected chi connectivity index (χ1v) is 8.13. The van der Waals surface area contributed by atoms with Crippen LogP contribution in [0.3, 0.4) is 0 Å². The second kappa shape index (κ2) is 6.47. The van der Waals surface area contributed by atoms with Crippen molar-refractivity contribution in [2.75, 3.05) is 0 Å². The number of carbonyl (C=O) groups excluding carboxylic acids is 2. The van der Waals surface area contributed by atoms with Gasteiger partial charge in [0.2, 0.25) is 0 Å². The molecule has 2 heterocycles. The van der Waals surface area contributed by atoms with Gasteiger partial charge in [-0.2, -0.15) is 0 Å². The minimum Gasteiger partial charge on any atom is -0.453 e. The highest BCUT2D eigenvalue weighted by molar-refractivity contribution is 5.99. The highest BCUT2D eigenvalue weighted by Gasteiger charge is 2.18. The van der Waals surface area contributed by atoms with Crippen LogP contribution in [0, 0.1) is 0 Å². The predicted molar refractivity (Wildman–Crippen MR) is 94.7 cm³/mol. The molecule has 0 atom stereocenters. The summed E-state index contributed by atoms with van der Waals surface area (Å²) in [4.78, 5) is 47.3. The quantitative estimate of drug-likeness (QED) is 0.527. The second-order valence-electron chi connectivity index (χ2n) is 5.80. The van der Waals surface area contributed by atoms with E-state index < -0.39 is 0 Å². The zero-order valence-electron chi connectivity index (χ0n) is 14.0.